The van der Waals surface area contributed by atoms with Gasteiger partial charge < -0.3 is 14.7 Å². The molecule has 6 nitrogen and oxygen atoms in total. The fourth-order valence-electron chi connectivity index (χ4n) is 4.91. The molecular formula is C23H31ClN2O4. The number of aliphatic carboxylic acids is 1. The van der Waals surface area contributed by atoms with E-state index in [2.05, 4.69) is 4.90 Å². The highest BCUT2D eigenvalue weighted by molar-refractivity contribution is 6.30. The molecule has 0 bridgehead atoms. The fraction of sp³-hybridized carbons (Fsp3) is 0.652. The number of hydrogen-bond acceptors (Lipinski definition) is 4. The number of nitrogens with zero attached hydrogens (tertiary/aromatic N) is 2. The van der Waals surface area contributed by atoms with Crippen molar-refractivity contribution in [3.05, 3.63) is 34.9 Å². The molecule has 1 saturated carbocycles. The summed E-state index contributed by atoms with van der Waals surface area (Å²) in [6.45, 7) is 4.56. The van der Waals surface area contributed by atoms with E-state index >= 15 is 0 Å². The van der Waals surface area contributed by atoms with E-state index in [0.29, 0.717) is 37.0 Å². The third-order valence-corrected chi connectivity index (χ3v) is 7.15. The minimum Gasteiger partial charge on any atom is -0.481 e. The van der Waals surface area contributed by atoms with Gasteiger partial charge in [0.1, 0.15) is 0 Å². The van der Waals surface area contributed by atoms with Gasteiger partial charge >= 0.3 is 5.97 Å². The number of ether oxygens (including phenoxy) is 1. The highest BCUT2D eigenvalue weighted by atomic mass is 35.5. The number of hydrogen-bond donors (Lipinski definition) is 1. The monoisotopic (exact) mass is 434 g/mol. The van der Waals surface area contributed by atoms with Gasteiger partial charge in [-0.15, -0.1) is 0 Å². The molecule has 7 heteroatoms. The van der Waals surface area contributed by atoms with Crippen LogP contribution in [0.3, 0.4) is 0 Å². The molecule has 2 heterocycles. The fourth-order valence-corrected chi connectivity index (χ4v) is 5.04. The highest BCUT2D eigenvalue weighted by Crippen LogP contribution is 2.47. The maximum atomic E-state index is 13.9. The molecule has 0 aromatic heterocycles. The van der Waals surface area contributed by atoms with Crippen molar-refractivity contribution in [2.75, 3.05) is 39.4 Å². The minimum absolute atomic E-state index is 0.000623. The van der Waals surface area contributed by atoms with Crippen molar-refractivity contribution in [3.63, 3.8) is 0 Å². The van der Waals surface area contributed by atoms with Crippen LogP contribution < -0.4 is 0 Å². The van der Waals surface area contributed by atoms with Crippen LogP contribution in [0.2, 0.25) is 5.02 Å². The molecule has 1 unspecified atom stereocenters. The summed E-state index contributed by atoms with van der Waals surface area (Å²) < 4.78 is 5.42. The van der Waals surface area contributed by atoms with Crippen molar-refractivity contribution in [2.45, 2.75) is 44.6 Å². The second kappa shape index (κ2) is 9.25. The molecule has 30 heavy (non-hydrogen) atoms. The smallest absolute Gasteiger partial charge is 0.304 e. The molecule has 3 aliphatic rings. The zero-order chi connectivity index (χ0) is 21.1. The standard InChI is InChI=1S/C23H31ClN2O4/c24-19-5-3-18(4-6-19)20-7-8-23(15-21(27)28,9-10-25-11-13-30-14-12-25)22(29)26(20)16-17-1-2-17/h3-6,17,20H,1-2,7-16H2,(H,27,28)/t20?,23-/m0/s1. The van der Waals surface area contributed by atoms with Crippen molar-refractivity contribution < 1.29 is 19.4 Å². The number of carboxylic acids is 1. The van der Waals surface area contributed by atoms with E-state index in [1.54, 1.807) is 0 Å². The lowest BCUT2D eigenvalue weighted by Gasteiger charge is -2.47. The molecule has 2 aliphatic heterocycles. The van der Waals surface area contributed by atoms with Gasteiger partial charge in [-0.25, -0.2) is 0 Å². The Morgan fingerprint density at radius 2 is 1.87 bits per heavy atom. The Morgan fingerprint density at radius 1 is 1.17 bits per heavy atom. The summed E-state index contributed by atoms with van der Waals surface area (Å²) >= 11 is 6.07. The van der Waals surface area contributed by atoms with E-state index in [0.717, 1.165) is 51.0 Å². The van der Waals surface area contributed by atoms with Crippen molar-refractivity contribution in [1.29, 1.82) is 0 Å². The van der Waals surface area contributed by atoms with E-state index in [1.807, 2.05) is 29.2 Å². The largest absolute Gasteiger partial charge is 0.481 e. The first-order valence-electron chi connectivity index (χ1n) is 11.1. The van der Waals surface area contributed by atoms with Crippen LogP contribution in [0.15, 0.2) is 24.3 Å². The van der Waals surface area contributed by atoms with Crippen molar-refractivity contribution in [2.24, 2.45) is 11.3 Å². The van der Waals surface area contributed by atoms with Gasteiger partial charge in [-0.3, -0.25) is 14.5 Å². The van der Waals surface area contributed by atoms with Gasteiger partial charge in [0.15, 0.2) is 0 Å². The first-order chi connectivity index (χ1) is 14.5. The Hall–Kier alpha value is -1.63. The number of carbonyl (C=O) groups is 2. The number of piperidine rings is 1. The van der Waals surface area contributed by atoms with Crippen LogP contribution in [-0.2, 0) is 14.3 Å². The number of amides is 1. The normalized spacial score (nSPS) is 28.0. The third-order valence-electron chi connectivity index (χ3n) is 6.89. The third kappa shape index (κ3) is 4.98. The van der Waals surface area contributed by atoms with Gasteiger partial charge in [-0.05, 0) is 62.3 Å². The Balaban J connectivity index is 1.56. The minimum atomic E-state index is -0.887. The summed E-state index contributed by atoms with van der Waals surface area (Å²) in [7, 11) is 0. The van der Waals surface area contributed by atoms with E-state index in [-0.39, 0.29) is 18.4 Å². The molecule has 4 rings (SSSR count). The van der Waals surface area contributed by atoms with Gasteiger partial charge in [-0.1, -0.05) is 23.7 Å². The summed E-state index contributed by atoms with van der Waals surface area (Å²) in [5.41, 5.74) is 0.271. The molecule has 1 aliphatic carbocycles. The zero-order valence-corrected chi connectivity index (χ0v) is 18.1. The van der Waals surface area contributed by atoms with Crippen LogP contribution in [0, 0.1) is 11.3 Å². The van der Waals surface area contributed by atoms with E-state index in [4.69, 9.17) is 16.3 Å². The SMILES string of the molecule is O=C(O)C[C@@]1(CCN2CCOCC2)CCC(c2ccc(Cl)cc2)N(CC2CC2)C1=O. The topological polar surface area (TPSA) is 70.1 Å². The van der Waals surface area contributed by atoms with Crippen LogP contribution in [-0.4, -0.2) is 66.2 Å². The maximum Gasteiger partial charge on any atom is 0.304 e. The van der Waals surface area contributed by atoms with Crippen LogP contribution >= 0.6 is 11.6 Å². The number of benzene rings is 1. The number of likely N-dealkylation sites (tertiary alicyclic amines) is 1. The predicted molar refractivity (Wildman–Crippen MR) is 114 cm³/mol. The number of carboxylic acid groups (broad SMARTS) is 1. The molecule has 1 aromatic carbocycles. The summed E-state index contributed by atoms with van der Waals surface area (Å²) in [6, 6.07) is 7.74. The van der Waals surface area contributed by atoms with Gasteiger partial charge in [-0.2, -0.15) is 0 Å². The van der Waals surface area contributed by atoms with Gasteiger partial charge in [0.05, 0.1) is 31.1 Å². The summed E-state index contributed by atoms with van der Waals surface area (Å²) in [5.74, 6) is -0.318. The number of carbonyl (C=O) groups excluding carboxylic acids is 1. The Morgan fingerprint density at radius 3 is 2.50 bits per heavy atom. The van der Waals surface area contributed by atoms with Crippen LogP contribution in [0.25, 0.3) is 0 Å². The van der Waals surface area contributed by atoms with Crippen molar-refractivity contribution in [1.82, 2.24) is 9.80 Å². The highest BCUT2D eigenvalue weighted by Gasteiger charge is 2.49. The number of halogens is 1. The number of rotatable bonds is 8. The lowest BCUT2D eigenvalue weighted by molar-refractivity contribution is -0.159. The van der Waals surface area contributed by atoms with Gasteiger partial charge in [0.2, 0.25) is 5.91 Å². The summed E-state index contributed by atoms with van der Waals surface area (Å²) in [4.78, 5) is 29.9. The van der Waals surface area contributed by atoms with E-state index < -0.39 is 11.4 Å². The average molecular weight is 435 g/mol. The Bertz CT molecular complexity index is 761. The predicted octanol–water partition coefficient (Wildman–Crippen LogP) is 3.60. The van der Waals surface area contributed by atoms with E-state index in [1.165, 1.54) is 0 Å². The Labute approximate surface area is 183 Å². The van der Waals surface area contributed by atoms with Crippen LogP contribution in [0.1, 0.15) is 50.1 Å². The molecule has 1 N–H and O–H groups in total. The van der Waals surface area contributed by atoms with Crippen LogP contribution in [0.4, 0.5) is 0 Å². The molecule has 164 valence electrons. The second-order valence-electron chi connectivity index (χ2n) is 9.06. The quantitative estimate of drug-likeness (QED) is 0.677. The summed E-state index contributed by atoms with van der Waals surface area (Å²) in [5, 5.41) is 10.3. The van der Waals surface area contributed by atoms with E-state index in [9.17, 15) is 14.7 Å². The summed E-state index contributed by atoms with van der Waals surface area (Å²) in [6.07, 6.45) is 4.19. The first-order valence-corrected chi connectivity index (χ1v) is 11.4. The molecular weight excluding hydrogens is 404 g/mol. The molecule has 1 amide bonds. The lowest BCUT2D eigenvalue weighted by Crippen LogP contribution is -2.53. The first kappa shape index (κ1) is 21.6. The molecule has 1 aromatic rings. The molecule has 3 fully saturated rings. The molecule has 2 atom stereocenters. The van der Waals surface area contributed by atoms with Crippen molar-refractivity contribution in [3.8, 4) is 0 Å². The van der Waals surface area contributed by atoms with Crippen molar-refractivity contribution >= 4 is 23.5 Å². The molecule has 0 spiro atoms. The Kier molecular flexibility index (Phi) is 6.66. The lowest BCUT2D eigenvalue weighted by atomic mass is 9.71. The number of morpholine rings is 1. The second-order valence-corrected chi connectivity index (χ2v) is 9.50. The van der Waals surface area contributed by atoms with Gasteiger partial charge in [0, 0.05) is 24.7 Å². The molecule has 2 saturated heterocycles. The van der Waals surface area contributed by atoms with Crippen LogP contribution in [0.5, 0.6) is 0 Å². The van der Waals surface area contributed by atoms with Gasteiger partial charge in [0.25, 0.3) is 0 Å². The maximum absolute atomic E-state index is 13.9. The molecule has 0 radical (unpaired) electrons. The average Bonchev–Trinajstić information content (AvgIpc) is 3.55. The zero-order valence-electron chi connectivity index (χ0n) is 17.4.